The minimum atomic E-state index is -0.608. The summed E-state index contributed by atoms with van der Waals surface area (Å²) in [5.74, 6) is -0.913. The number of hydrogen-bond donors (Lipinski definition) is 2. The van der Waals surface area contributed by atoms with Crippen molar-refractivity contribution in [3.63, 3.8) is 0 Å². The molecule has 3 fully saturated rings. The van der Waals surface area contributed by atoms with Crippen molar-refractivity contribution in [1.82, 2.24) is 20.1 Å². The number of piperidine rings is 2. The molecule has 4 aliphatic heterocycles. The number of carbonyl (C=O) groups excluding carboxylic acids is 4. The zero-order chi connectivity index (χ0) is 25.0. The summed E-state index contributed by atoms with van der Waals surface area (Å²) in [6, 6.07) is 10.5. The van der Waals surface area contributed by atoms with Crippen molar-refractivity contribution in [3.05, 3.63) is 52.8 Å². The number of fused-ring (bicyclic) bond motifs is 1. The Morgan fingerprint density at radius 2 is 1.86 bits per heavy atom. The number of nitrogens with one attached hydrogen (secondary N) is 2. The number of anilines is 1. The smallest absolute Gasteiger partial charge is 0.270 e. The van der Waals surface area contributed by atoms with Gasteiger partial charge in [-0.3, -0.25) is 24.5 Å². The number of aromatic amines is 1. The summed E-state index contributed by atoms with van der Waals surface area (Å²) < 4.78 is 0. The van der Waals surface area contributed by atoms with Crippen molar-refractivity contribution in [2.45, 2.75) is 38.3 Å². The Morgan fingerprint density at radius 3 is 2.56 bits per heavy atom. The van der Waals surface area contributed by atoms with E-state index in [0.717, 1.165) is 37.2 Å². The van der Waals surface area contributed by atoms with Crippen LogP contribution in [0.2, 0.25) is 0 Å². The van der Waals surface area contributed by atoms with Crippen LogP contribution in [0.3, 0.4) is 0 Å². The third kappa shape index (κ3) is 3.63. The highest BCUT2D eigenvalue weighted by Crippen LogP contribution is 2.43. The predicted octanol–water partition coefficient (Wildman–Crippen LogP) is 1.39. The van der Waals surface area contributed by atoms with Gasteiger partial charge in [0, 0.05) is 55.8 Å². The fraction of sp³-hybridized carbons (Fsp3) is 0.423. The number of H-pyrrole nitrogens is 1. The highest BCUT2D eigenvalue weighted by molar-refractivity contribution is 6.05. The van der Waals surface area contributed by atoms with Crippen LogP contribution in [0.25, 0.3) is 0 Å². The lowest BCUT2D eigenvalue weighted by Gasteiger charge is -2.55. The molecule has 1 unspecified atom stereocenters. The molecule has 0 bridgehead atoms. The average Bonchev–Trinajstić information content (AvgIpc) is 3.47. The van der Waals surface area contributed by atoms with E-state index in [1.165, 1.54) is 0 Å². The second-order valence-electron chi connectivity index (χ2n) is 10.3. The topological polar surface area (TPSA) is 130 Å². The minimum absolute atomic E-state index is 0.0635. The first-order valence-electron chi connectivity index (χ1n) is 12.3. The van der Waals surface area contributed by atoms with Crippen LogP contribution in [0.15, 0.2) is 30.3 Å². The average molecular weight is 487 g/mol. The van der Waals surface area contributed by atoms with Crippen LogP contribution in [-0.4, -0.2) is 70.6 Å². The number of hydrogen-bond acceptors (Lipinski definition) is 6. The molecule has 5 heterocycles. The Labute approximate surface area is 207 Å². The maximum atomic E-state index is 12.9. The van der Waals surface area contributed by atoms with Gasteiger partial charge in [0.1, 0.15) is 23.5 Å². The molecule has 10 heteroatoms. The Kier molecular flexibility index (Phi) is 5.10. The molecule has 1 spiro atoms. The Morgan fingerprint density at radius 1 is 1.08 bits per heavy atom. The van der Waals surface area contributed by atoms with Crippen molar-refractivity contribution >= 4 is 29.3 Å². The number of benzene rings is 1. The van der Waals surface area contributed by atoms with Crippen molar-refractivity contribution in [1.29, 1.82) is 5.26 Å². The standard InChI is InChI=1S/C26H26N6O4/c27-12-17-1-4-20(28-17)25(36)30-9-7-26(8-10-30)14-31(15-26)18-2-3-19-16(11-18)13-32(24(19)35)21-5-6-22(33)29-23(21)34/h1-4,11,21,28H,5-10,13-15H2,(H,29,33,34). The van der Waals surface area contributed by atoms with E-state index in [9.17, 15) is 19.2 Å². The molecule has 1 aromatic carbocycles. The molecule has 1 aromatic heterocycles. The molecule has 3 saturated heterocycles. The molecular weight excluding hydrogens is 460 g/mol. The van der Waals surface area contributed by atoms with Crippen LogP contribution in [-0.2, 0) is 16.1 Å². The van der Waals surface area contributed by atoms with E-state index >= 15 is 0 Å². The summed E-state index contributed by atoms with van der Waals surface area (Å²) in [6.07, 6.45) is 2.45. The quantitative estimate of drug-likeness (QED) is 0.631. The number of rotatable bonds is 3. The van der Waals surface area contributed by atoms with Gasteiger partial charge < -0.3 is 19.7 Å². The third-order valence-corrected chi connectivity index (χ3v) is 8.07. The second kappa shape index (κ2) is 8.22. The van der Waals surface area contributed by atoms with Gasteiger partial charge >= 0.3 is 0 Å². The number of imide groups is 1. The molecule has 1 atom stereocenters. The lowest BCUT2D eigenvalue weighted by molar-refractivity contribution is -0.136. The highest BCUT2D eigenvalue weighted by atomic mass is 16.2. The van der Waals surface area contributed by atoms with Crippen LogP contribution < -0.4 is 10.2 Å². The van der Waals surface area contributed by atoms with E-state index in [4.69, 9.17) is 5.26 Å². The van der Waals surface area contributed by atoms with Gasteiger partial charge in [0.2, 0.25) is 11.8 Å². The molecule has 2 N–H and O–H groups in total. The van der Waals surface area contributed by atoms with Crippen LogP contribution in [0.5, 0.6) is 0 Å². The summed E-state index contributed by atoms with van der Waals surface area (Å²) in [6.45, 7) is 3.55. The van der Waals surface area contributed by atoms with E-state index < -0.39 is 11.9 Å². The fourth-order valence-electron chi connectivity index (χ4n) is 5.96. The van der Waals surface area contributed by atoms with Gasteiger partial charge in [-0.2, -0.15) is 5.26 Å². The Bertz CT molecular complexity index is 1320. The van der Waals surface area contributed by atoms with Gasteiger partial charge in [-0.25, -0.2) is 0 Å². The highest BCUT2D eigenvalue weighted by Gasteiger charge is 2.46. The molecule has 4 aliphatic rings. The molecule has 36 heavy (non-hydrogen) atoms. The summed E-state index contributed by atoms with van der Waals surface area (Å²) in [5.41, 5.74) is 3.61. The van der Waals surface area contributed by atoms with Gasteiger partial charge in [-0.15, -0.1) is 0 Å². The number of nitrogens with zero attached hydrogens (tertiary/aromatic N) is 4. The molecule has 0 aliphatic carbocycles. The molecule has 4 amide bonds. The maximum absolute atomic E-state index is 12.9. The predicted molar refractivity (Wildman–Crippen MR) is 128 cm³/mol. The number of aromatic nitrogens is 1. The van der Waals surface area contributed by atoms with E-state index in [2.05, 4.69) is 15.2 Å². The lowest BCUT2D eigenvalue weighted by Crippen LogP contribution is -2.61. The van der Waals surface area contributed by atoms with Crippen molar-refractivity contribution in [3.8, 4) is 6.07 Å². The summed E-state index contributed by atoms with van der Waals surface area (Å²) in [4.78, 5) is 58.0. The van der Waals surface area contributed by atoms with Gasteiger partial charge in [-0.05, 0) is 55.2 Å². The first-order valence-corrected chi connectivity index (χ1v) is 12.3. The van der Waals surface area contributed by atoms with Crippen molar-refractivity contribution in [2.75, 3.05) is 31.1 Å². The molecule has 10 nitrogen and oxygen atoms in total. The summed E-state index contributed by atoms with van der Waals surface area (Å²) in [7, 11) is 0. The molecule has 2 aromatic rings. The van der Waals surface area contributed by atoms with Crippen LogP contribution >= 0.6 is 0 Å². The van der Waals surface area contributed by atoms with Crippen molar-refractivity contribution < 1.29 is 19.2 Å². The number of likely N-dealkylation sites (tertiary alicyclic amines) is 1. The van der Waals surface area contributed by atoms with Crippen LogP contribution in [0, 0.1) is 16.7 Å². The fourth-order valence-corrected chi connectivity index (χ4v) is 5.96. The lowest BCUT2D eigenvalue weighted by atomic mass is 9.71. The Balaban J connectivity index is 1.07. The monoisotopic (exact) mass is 486 g/mol. The molecule has 6 rings (SSSR count). The third-order valence-electron chi connectivity index (χ3n) is 8.07. The molecular formula is C26H26N6O4. The zero-order valence-corrected chi connectivity index (χ0v) is 19.7. The van der Waals surface area contributed by atoms with E-state index in [0.29, 0.717) is 43.0 Å². The summed E-state index contributed by atoms with van der Waals surface area (Å²) in [5, 5.41) is 11.3. The van der Waals surface area contributed by atoms with Gasteiger partial charge in [0.15, 0.2) is 0 Å². The zero-order valence-electron chi connectivity index (χ0n) is 19.7. The van der Waals surface area contributed by atoms with Crippen LogP contribution in [0.4, 0.5) is 5.69 Å². The van der Waals surface area contributed by atoms with E-state index in [-0.39, 0.29) is 29.6 Å². The van der Waals surface area contributed by atoms with Gasteiger partial charge in [-0.1, -0.05) is 0 Å². The number of amides is 4. The van der Waals surface area contributed by atoms with Crippen molar-refractivity contribution in [2.24, 2.45) is 5.41 Å². The van der Waals surface area contributed by atoms with E-state index in [1.54, 1.807) is 17.0 Å². The first-order chi connectivity index (χ1) is 17.4. The van der Waals surface area contributed by atoms with Gasteiger partial charge in [0.25, 0.3) is 11.8 Å². The minimum Gasteiger partial charge on any atom is -0.370 e. The Hall–Kier alpha value is -4.13. The maximum Gasteiger partial charge on any atom is 0.270 e. The number of nitriles is 1. The number of carbonyl (C=O) groups is 4. The normalized spacial score (nSPS) is 22.8. The molecule has 184 valence electrons. The van der Waals surface area contributed by atoms with Gasteiger partial charge in [0.05, 0.1) is 0 Å². The molecule has 0 saturated carbocycles. The first kappa shape index (κ1) is 22.3. The SMILES string of the molecule is N#Cc1ccc(C(=O)N2CCC3(CC2)CN(c2ccc4c(c2)CN(C2CCC(=O)NC2=O)C4=O)C3)[nH]1. The van der Waals surface area contributed by atoms with E-state index in [1.807, 2.05) is 29.2 Å². The van der Waals surface area contributed by atoms with Crippen LogP contribution in [0.1, 0.15) is 57.8 Å². The largest absolute Gasteiger partial charge is 0.370 e. The summed E-state index contributed by atoms with van der Waals surface area (Å²) >= 11 is 0. The molecule has 0 radical (unpaired) electrons. The second-order valence-corrected chi connectivity index (χ2v) is 10.3.